The predicted molar refractivity (Wildman–Crippen MR) is 94.3 cm³/mol. The molecular weight excluding hydrogens is 342 g/mol. The molecule has 0 unspecified atom stereocenters. The average molecular weight is 361 g/mol. The minimum Gasteiger partial charge on any atom is -0.377 e. The van der Waals surface area contributed by atoms with Crippen LogP contribution < -0.4 is 10.2 Å². The number of aromatic nitrogens is 1. The van der Waals surface area contributed by atoms with Gasteiger partial charge in [0.1, 0.15) is 5.76 Å². The Labute approximate surface area is 149 Å². The summed E-state index contributed by atoms with van der Waals surface area (Å²) in [6.07, 6.45) is 0. The van der Waals surface area contributed by atoms with Crippen LogP contribution in [0.15, 0.2) is 28.8 Å². The number of hydrogen-bond donors (Lipinski definition) is 1. The highest BCUT2D eigenvalue weighted by atomic mass is 16.6. The van der Waals surface area contributed by atoms with Crippen LogP contribution in [0.25, 0.3) is 0 Å². The molecule has 0 saturated heterocycles. The van der Waals surface area contributed by atoms with Gasteiger partial charge < -0.3 is 19.6 Å². The minimum atomic E-state index is -0.574. The molecule has 0 aliphatic carbocycles. The molecule has 2 amide bonds. The van der Waals surface area contributed by atoms with Gasteiger partial charge in [-0.2, -0.15) is 0 Å². The lowest BCUT2D eigenvalue weighted by atomic mass is 10.1. The van der Waals surface area contributed by atoms with E-state index in [1.165, 1.54) is 30.1 Å². The molecule has 0 atom stereocenters. The molecular formula is C16H19N5O5. The first-order valence-electron chi connectivity index (χ1n) is 7.63. The number of non-ortho nitro benzene ring substituents is 1. The number of nitro benzene ring substituents is 1. The minimum absolute atomic E-state index is 0.136. The Morgan fingerprint density at radius 1 is 1.27 bits per heavy atom. The quantitative estimate of drug-likeness (QED) is 0.613. The molecule has 0 aliphatic heterocycles. The van der Waals surface area contributed by atoms with Gasteiger partial charge in [0.2, 0.25) is 5.91 Å². The molecule has 0 spiro atoms. The number of anilines is 2. The number of aryl methyl sites for hydroxylation is 1. The van der Waals surface area contributed by atoms with Crippen LogP contribution in [0.4, 0.5) is 17.2 Å². The second-order valence-electron chi connectivity index (χ2n) is 5.89. The zero-order valence-corrected chi connectivity index (χ0v) is 14.8. The van der Waals surface area contributed by atoms with Gasteiger partial charge in [-0.1, -0.05) is 5.16 Å². The van der Waals surface area contributed by atoms with Gasteiger partial charge >= 0.3 is 0 Å². The number of benzene rings is 1. The van der Waals surface area contributed by atoms with Crippen molar-refractivity contribution in [3.05, 3.63) is 45.7 Å². The molecule has 2 aromatic rings. The predicted octanol–water partition coefficient (Wildman–Crippen LogP) is 1.67. The van der Waals surface area contributed by atoms with E-state index in [1.807, 2.05) is 0 Å². The lowest BCUT2D eigenvalue weighted by molar-refractivity contribution is -0.384. The van der Waals surface area contributed by atoms with Crippen molar-refractivity contribution in [2.24, 2.45) is 0 Å². The zero-order valence-electron chi connectivity index (χ0n) is 14.8. The van der Waals surface area contributed by atoms with E-state index >= 15 is 0 Å². The van der Waals surface area contributed by atoms with Gasteiger partial charge in [-0.05, 0) is 13.0 Å². The summed E-state index contributed by atoms with van der Waals surface area (Å²) in [6, 6.07) is 5.57. The molecule has 10 nitrogen and oxygen atoms in total. The van der Waals surface area contributed by atoms with Crippen molar-refractivity contribution in [3.8, 4) is 0 Å². The fourth-order valence-corrected chi connectivity index (χ4v) is 2.30. The summed E-state index contributed by atoms with van der Waals surface area (Å²) in [5.74, 6) is -0.190. The van der Waals surface area contributed by atoms with Crippen molar-refractivity contribution >= 4 is 29.0 Å². The van der Waals surface area contributed by atoms with E-state index in [4.69, 9.17) is 4.52 Å². The van der Waals surface area contributed by atoms with Gasteiger partial charge in [-0.15, -0.1) is 0 Å². The monoisotopic (exact) mass is 361 g/mol. The zero-order chi connectivity index (χ0) is 19.4. The topological polar surface area (TPSA) is 122 Å². The summed E-state index contributed by atoms with van der Waals surface area (Å²) in [4.78, 5) is 38.0. The second-order valence-corrected chi connectivity index (χ2v) is 5.89. The van der Waals surface area contributed by atoms with Crippen molar-refractivity contribution in [1.82, 2.24) is 10.1 Å². The van der Waals surface area contributed by atoms with Crippen LogP contribution in [0.2, 0.25) is 0 Å². The van der Waals surface area contributed by atoms with Gasteiger partial charge in [-0.25, -0.2) is 0 Å². The Morgan fingerprint density at radius 3 is 2.50 bits per heavy atom. The standard InChI is InChI=1S/C16H19N5O5/c1-10-7-14(18-26-10)17-15(22)9-20(4)16(23)12-8-11(21(24)25)5-6-13(12)19(2)3/h5-8H,9H2,1-4H3,(H,17,18,22). The maximum atomic E-state index is 12.7. The molecule has 0 fully saturated rings. The molecule has 2 rings (SSSR count). The normalized spacial score (nSPS) is 10.3. The molecule has 1 heterocycles. The summed E-state index contributed by atoms with van der Waals surface area (Å²) in [5, 5.41) is 17.1. The Morgan fingerprint density at radius 2 is 1.96 bits per heavy atom. The first-order chi connectivity index (χ1) is 12.2. The summed E-state index contributed by atoms with van der Waals surface area (Å²) in [7, 11) is 4.88. The summed E-state index contributed by atoms with van der Waals surface area (Å²) in [5.41, 5.74) is 0.451. The number of nitrogens with zero attached hydrogens (tertiary/aromatic N) is 4. The van der Waals surface area contributed by atoms with E-state index < -0.39 is 16.7 Å². The van der Waals surface area contributed by atoms with E-state index in [1.54, 1.807) is 32.0 Å². The van der Waals surface area contributed by atoms with Crippen molar-refractivity contribution in [2.45, 2.75) is 6.92 Å². The highest BCUT2D eigenvalue weighted by Crippen LogP contribution is 2.25. The SMILES string of the molecule is Cc1cc(NC(=O)CN(C)C(=O)c2cc([N+](=O)[O-])ccc2N(C)C)no1. The molecule has 0 aliphatic rings. The van der Waals surface area contributed by atoms with Gasteiger partial charge in [-0.3, -0.25) is 19.7 Å². The number of carbonyl (C=O) groups is 2. The Kier molecular flexibility index (Phi) is 5.55. The van der Waals surface area contributed by atoms with Crippen molar-refractivity contribution in [3.63, 3.8) is 0 Å². The first-order valence-corrected chi connectivity index (χ1v) is 7.63. The summed E-state index contributed by atoms with van der Waals surface area (Å²) >= 11 is 0. The van der Waals surface area contributed by atoms with Crippen molar-refractivity contribution in [2.75, 3.05) is 37.9 Å². The highest BCUT2D eigenvalue weighted by molar-refractivity contribution is 6.03. The van der Waals surface area contributed by atoms with Crippen molar-refractivity contribution < 1.29 is 19.0 Å². The van der Waals surface area contributed by atoms with Gasteiger partial charge in [0.05, 0.1) is 17.0 Å². The van der Waals surface area contributed by atoms with E-state index in [2.05, 4.69) is 10.5 Å². The third-order valence-corrected chi connectivity index (χ3v) is 3.53. The van der Waals surface area contributed by atoms with E-state index in [0.29, 0.717) is 11.4 Å². The fraction of sp³-hybridized carbons (Fsp3) is 0.312. The van der Waals surface area contributed by atoms with Gasteiger partial charge in [0.25, 0.3) is 11.6 Å². The van der Waals surface area contributed by atoms with Crippen LogP contribution >= 0.6 is 0 Å². The Hall–Kier alpha value is -3.43. The number of likely N-dealkylation sites (N-methyl/N-ethyl adjacent to an activating group) is 1. The van der Waals surface area contributed by atoms with Crippen molar-refractivity contribution in [1.29, 1.82) is 0 Å². The van der Waals surface area contributed by atoms with Gasteiger partial charge in [0, 0.05) is 45.0 Å². The fourth-order valence-electron chi connectivity index (χ4n) is 2.30. The largest absolute Gasteiger partial charge is 0.377 e. The number of nitro groups is 1. The van der Waals surface area contributed by atoms with Crippen LogP contribution in [0.5, 0.6) is 0 Å². The van der Waals surface area contributed by atoms with Crippen LogP contribution in [0.1, 0.15) is 16.1 Å². The number of amides is 2. The van der Waals surface area contributed by atoms with E-state index in [9.17, 15) is 19.7 Å². The maximum Gasteiger partial charge on any atom is 0.270 e. The number of nitrogens with one attached hydrogen (secondary N) is 1. The third kappa shape index (κ3) is 4.35. The molecule has 26 heavy (non-hydrogen) atoms. The van der Waals surface area contributed by atoms with Crippen LogP contribution in [-0.4, -0.2) is 54.5 Å². The molecule has 1 aromatic carbocycles. The lowest BCUT2D eigenvalue weighted by Gasteiger charge is -2.21. The summed E-state index contributed by atoms with van der Waals surface area (Å²) in [6.45, 7) is 1.43. The number of rotatable bonds is 6. The van der Waals surface area contributed by atoms with Crippen LogP contribution in [0.3, 0.4) is 0 Å². The van der Waals surface area contributed by atoms with E-state index in [0.717, 1.165) is 0 Å². The number of carbonyl (C=O) groups excluding carboxylic acids is 2. The van der Waals surface area contributed by atoms with Gasteiger partial charge in [0.15, 0.2) is 5.82 Å². The smallest absolute Gasteiger partial charge is 0.270 e. The first kappa shape index (κ1) is 18.9. The molecule has 1 aromatic heterocycles. The maximum absolute atomic E-state index is 12.7. The molecule has 1 N–H and O–H groups in total. The summed E-state index contributed by atoms with van der Waals surface area (Å²) < 4.78 is 4.85. The number of hydrogen-bond acceptors (Lipinski definition) is 7. The van der Waals surface area contributed by atoms with Crippen LogP contribution in [0, 0.1) is 17.0 Å². The Balaban J connectivity index is 2.17. The average Bonchev–Trinajstić information content (AvgIpc) is 2.97. The molecule has 0 saturated carbocycles. The van der Waals surface area contributed by atoms with Crippen LogP contribution in [-0.2, 0) is 4.79 Å². The third-order valence-electron chi connectivity index (χ3n) is 3.53. The Bertz CT molecular complexity index is 845. The lowest BCUT2D eigenvalue weighted by Crippen LogP contribution is -2.35. The second kappa shape index (κ2) is 7.64. The molecule has 0 radical (unpaired) electrons. The van der Waals surface area contributed by atoms with E-state index in [-0.39, 0.29) is 23.6 Å². The molecule has 138 valence electrons. The highest BCUT2D eigenvalue weighted by Gasteiger charge is 2.22. The molecule has 10 heteroatoms. The molecule has 0 bridgehead atoms.